The van der Waals surface area contributed by atoms with Crippen LogP contribution in [0.1, 0.15) is 31.2 Å². The van der Waals surface area contributed by atoms with Gasteiger partial charge in [0, 0.05) is 6.20 Å². The molecule has 1 aromatic heterocycles. The fourth-order valence-electron chi connectivity index (χ4n) is 0.888. The lowest BCUT2D eigenvalue weighted by atomic mass is 10.1. The maximum atomic E-state index is 7.58. The van der Waals surface area contributed by atoms with Crippen molar-refractivity contribution in [3.05, 3.63) is 23.8 Å². The number of aromatic nitrogens is 2. The summed E-state index contributed by atoms with van der Waals surface area (Å²) < 4.78 is 0. The van der Waals surface area contributed by atoms with Gasteiger partial charge in [0.25, 0.3) is 0 Å². The van der Waals surface area contributed by atoms with Crippen molar-refractivity contribution in [3.8, 4) is 0 Å². The third-order valence-corrected chi connectivity index (χ3v) is 2.22. The van der Waals surface area contributed by atoms with Crippen molar-refractivity contribution >= 4 is 22.4 Å². The number of hydrogen-bond acceptors (Lipinski definition) is 5. The summed E-state index contributed by atoms with van der Waals surface area (Å²) in [5, 5.41) is 14.7. The number of nitrogens with zero attached hydrogens (tertiary/aromatic N) is 2. The third kappa shape index (κ3) is 2.63. The fourth-order valence-corrected chi connectivity index (χ4v) is 1.22. The Morgan fingerprint density at radius 3 is 2.79 bits per heavy atom. The second-order valence-electron chi connectivity index (χ2n) is 3.05. The van der Waals surface area contributed by atoms with Gasteiger partial charge in [-0.05, 0) is 5.92 Å². The summed E-state index contributed by atoms with van der Waals surface area (Å²) >= 11 is 1.03. The van der Waals surface area contributed by atoms with Gasteiger partial charge in [-0.1, -0.05) is 25.6 Å². The van der Waals surface area contributed by atoms with E-state index in [1.54, 1.807) is 12.4 Å². The molecule has 0 aromatic carbocycles. The summed E-state index contributed by atoms with van der Waals surface area (Å²) in [6, 6.07) is 0. The Balaban J connectivity index is 2.93. The van der Waals surface area contributed by atoms with E-state index >= 15 is 0 Å². The van der Waals surface area contributed by atoms with Gasteiger partial charge < -0.3 is 5.41 Å². The second kappa shape index (κ2) is 4.85. The van der Waals surface area contributed by atoms with Crippen molar-refractivity contribution in [2.75, 3.05) is 0 Å². The topological polar surface area (TPSA) is 73.5 Å². The lowest BCUT2D eigenvalue weighted by molar-refractivity contribution is 0.810. The van der Waals surface area contributed by atoms with Crippen molar-refractivity contribution in [1.29, 1.82) is 10.8 Å². The summed E-state index contributed by atoms with van der Waals surface area (Å²) in [6.07, 6.45) is 3.25. The molecule has 0 bridgehead atoms. The minimum absolute atomic E-state index is 0.259. The quantitative estimate of drug-likeness (QED) is 0.591. The van der Waals surface area contributed by atoms with Gasteiger partial charge in [-0.15, -0.1) is 0 Å². The first-order valence-electron chi connectivity index (χ1n) is 4.21. The molecule has 5 heteroatoms. The largest absolute Gasteiger partial charge is 0.301 e. The minimum Gasteiger partial charge on any atom is -0.301 e. The van der Waals surface area contributed by atoms with Crippen LogP contribution < -0.4 is 0 Å². The van der Waals surface area contributed by atoms with E-state index in [1.165, 1.54) is 0 Å². The minimum atomic E-state index is 0.259. The SMILES string of the molecule is CC(C)c1cncc(C(=N)SC=N)n1. The highest BCUT2D eigenvalue weighted by molar-refractivity contribution is 8.25. The molecule has 1 aromatic rings. The molecule has 4 nitrogen and oxygen atoms in total. The van der Waals surface area contributed by atoms with Crippen LogP contribution in [0.3, 0.4) is 0 Å². The molecule has 0 atom stereocenters. The molecule has 1 heterocycles. The lowest BCUT2D eigenvalue weighted by Gasteiger charge is -2.05. The number of rotatable bonds is 3. The standard InChI is InChI=1S/C9H12N4S/c1-6(2)7-3-12-4-8(13-7)9(11)14-5-10/h3-6,10-11H,1-2H3. The predicted molar refractivity (Wildman–Crippen MR) is 59.3 cm³/mol. The van der Waals surface area contributed by atoms with Crippen molar-refractivity contribution < 1.29 is 0 Å². The molecule has 14 heavy (non-hydrogen) atoms. The Morgan fingerprint density at radius 1 is 1.50 bits per heavy atom. The van der Waals surface area contributed by atoms with Crippen LogP contribution in [0, 0.1) is 10.8 Å². The van der Waals surface area contributed by atoms with Crippen LogP contribution in [0.2, 0.25) is 0 Å². The maximum Gasteiger partial charge on any atom is 0.120 e. The van der Waals surface area contributed by atoms with E-state index in [2.05, 4.69) is 9.97 Å². The molecule has 0 saturated heterocycles. The fraction of sp³-hybridized carbons (Fsp3) is 0.333. The predicted octanol–water partition coefficient (Wildman–Crippen LogP) is 2.27. The monoisotopic (exact) mass is 208 g/mol. The summed E-state index contributed by atoms with van der Waals surface area (Å²) in [6.45, 7) is 4.06. The van der Waals surface area contributed by atoms with Crippen LogP contribution in [-0.4, -0.2) is 20.6 Å². The molecule has 0 spiro atoms. The first-order valence-corrected chi connectivity index (χ1v) is 5.09. The highest BCUT2D eigenvalue weighted by atomic mass is 32.2. The normalized spacial score (nSPS) is 10.2. The highest BCUT2D eigenvalue weighted by Crippen LogP contribution is 2.12. The van der Waals surface area contributed by atoms with Gasteiger partial charge in [0.15, 0.2) is 0 Å². The molecular formula is C9H12N4S. The van der Waals surface area contributed by atoms with Crippen molar-refractivity contribution in [3.63, 3.8) is 0 Å². The number of nitrogens with one attached hydrogen (secondary N) is 2. The van der Waals surface area contributed by atoms with Crippen LogP contribution in [0.15, 0.2) is 12.4 Å². The highest BCUT2D eigenvalue weighted by Gasteiger charge is 2.06. The van der Waals surface area contributed by atoms with E-state index in [9.17, 15) is 0 Å². The second-order valence-corrected chi connectivity index (χ2v) is 3.93. The van der Waals surface area contributed by atoms with E-state index in [0.717, 1.165) is 23.0 Å². The first-order chi connectivity index (χ1) is 6.65. The van der Waals surface area contributed by atoms with Gasteiger partial charge in [0.1, 0.15) is 10.7 Å². The summed E-state index contributed by atoms with van der Waals surface area (Å²) in [5.41, 5.74) is 2.52. The number of hydrogen-bond donors (Lipinski definition) is 2. The van der Waals surface area contributed by atoms with Gasteiger partial charge in [-0.3, -0.25) is 10.4 Å². The molecule has 0 aliphatic rings. The van der Waals surface area contributed by atoms with E-state index in [1.807, 2.05) is 13.8 Å². The molecule has 0 fully saturated rings. The van der Waals surface area contributed by atoms with Crippen LogP contribution >= 0.6 is 11.8 Å². The third-order valence-electron chi connectivity index (χ3n) is 1.65. The molecule has 0 aliphatic heterocycles. The zero-order chi connectivity index (χ0) is 10.6. The Hall–Kier alpha value is -1.23. The zero-order valence-corrected chi connectivity index (χ0v) is 8.93. The molecule has 0 aliphatic carbocycles. The van der Waals surface area contributed by atoms with Gasteiger partial charge in [0.05, 0.1) is 17.4 Å². The van der Waals surface area contributed by atoms with Crippen molar-refractivity contribution in [1.82, 2.24) is 9.97 Å². The Kier molecular flexibility index (Phi) is 3.76. The summed E-state index contributed by atoms with van der Waals surface area (Å²) in [4.78, 5) is 8.30. The lowest BCUT2D eigenvalue weighted by Crippen LogP contribution is -2.03. The van der Waals surface area contributed by atoms with Crippen LogP contribution in [-0.2, 0) is 0 Å². The molecule has 0 radical (unpaired) electrons. The average molecular weight is 208 g/mol. The molecule has 2 N–H and O–H groups in total. The Morgan fingerprint density at radius 2 is 2.21 bits per heavy atom. The van der Waals surface area contributed by atoms with Crippen LogP contribution in [0.4, 0.5) is 0 Å². The van der Waals surface area contributed by atoms with Gasteiger partial charge >= 0.3 is 0 Å². The van der Waals surface area contributed by atoms with Crippen molar-refractivity contribution in [2.24, 2.45) is 0 Å². The zero-order valence-electron chi connectivity index (χ0n) is 8.11. The molecule has 1 rings (SSSR count). The molecule has 0 unspecified atom stereocenters. The first kappa shape index (κ1) is 10.8. The molecular weight excluding hydrogens is 196 g/mol. The van der Waals surface area contributed by atoms with E-state index < -0.39 is 0 Å². The average Bonchev–Trinajstić information content (AvgIpc) is 2.18. The van der Waals surface area contributed by atoms with Gasteiger partial charge in [-0.2, -0.15) is 0 Å². The molecule has 74 valence electrons. The van der Waals surface area contributed by atoms with Crippen molar-refractivity contribution in [2.45, 2.75) is 19.8 Å². The summed E-state index contributed by atoms with van der Waals surface area (Å²) in [7, 11) is 0. The van der Waals surface area contributed by atoms with Crippen LogP contribution in [0.5, 0.6) is 0 Å². The van der Waals surface area contributed by atoms with Crippen LogP contribution in [0.25, 0.3) is 0 Å². The molecule has 0 amide bonds. The smallest absolute Gasteiger partial charge is 0.120 e. The van der Waals surface area contributed by atoms with E-state index in [-0.39, 0.29) is 5.04 Å². The molecule has 0 saturated carbocycles. The van der Waals surface area contributed by atoms with Gasteiger partial charge in [-0.25, -0.2) is 4.98 Å². The number of thioether (sulfide) groups is 1. The maximum absolute atomic E-state index is 7.58. The van der Waals surface area contributed by atoms with Gasteiger partial charge in [0.2, 0.25) is 0 Å². The summed E-state index contributed by atoms with van der Waals surface area (Å²) in [5.74, 6) is 0.306. The van der Waals surface area contributed by atoms with E-state index in [0.29, 0.717) is 11.6 Å². The van der Waals surface area contributed by atoms with E-state index in [4.69, 9.17) is 10.8 Å². The Bertz CT molecular complexity index is 348. The Labute approximate surface area is 87.2 Å².